The van der Waals surface area contributed by atoms with Crippen molar-refractivity contribution in [2.75, 3.05) is 6.54 Å². The maximum absolute atomic E-state index is 14.1. The molecule has 0 radical (unpaired) electrons. The minimum atomic E-state index is -4.55. The first-order chi connectivity index (χ1) is 13.4. The molecule has 0 unspecified atom stereocenters. The lowest BCUT2D eigenvalue weighted by molar-refractivity contribution is -0.137. The van der Waals surface area contributed by atoms with Crippen molar-refractivity contribution >= 4 is 0 Å². The average molecular weight is 388 g/mol. The molecular formula is C20H16F4N4. The van der Waals surface area contributed by atoms with Crippen molar-refractivity contribution in [1.29, 1.82) is 0 Å². The molecular weight excluding hydrogens is 372 g/mol. The molecule has 4 nitrogen and oxygen atoms in total. The number of rotatable bonds is 3. The molecule has 8 heteroatoms. The van der Waals surface area contributed by atoms with E-state index >= 15 is 0 Å². The highest BCUT2D eigenvalue weighted by molar-refractivity contribution is 5.53. The molecule has 0 N–H and O–H groups in total. The second-order valence-electron chi connectivity index (χ2n) is 6.67. The van der Waals surface area contributed by atoms with E-state index in [1.807, 2.05) is 17.0 Å². The largest absolute Gasteiger partial charge is 0.416 e. The molecule has 28 heavy (non-hydrogen) atoms. The third-order valence-electron chi connectivity index (χ3n) is 4.71. The summed E-state index contributed by atoms with van der Waals surface area (Å²) in [5, 5.41) is 0. The van der Waals surface area contributed by atoms with Crippen LogP contribution in [-0.4, -0.2) is 26.4 Å². The Morgan fingerprint density at radius 2 is 1.96 bits per heavy atom. The quantitative estimate of drug-likeness (QED) is 0.629. The van der Waals surface area contributed by atoms with Crippen LogP contribution in [0.2, 0.25) is 0 Å². The standard InChI is InChI=1S/C20H16F4N4/c21-17-8-16(20(22,23)24)4-3-14(17)11-28-7-5-18-15(12-28)10-26-19(27-18)13-2-1-6-25-9-13/h1-4,6,8-10H,5,7,11-12H2. The van der Waals surface area contributed by atoms with Crippen LogP contribution in [0.15, 0.2) is 48.9 Å². The summed E-state index contributed by atoms with van der Waals surface area (Å²) in [6, 6.07) is 6.38. The van der Waals surface area contributed by atoms with Gasteiger partial charge in [0.05, 0.1) is 11.3 Å². The van der Waals surface area contributed by atoms with Crippen LogP contribution in [-0.2, 0) is 25.7 Å². The molecule has 0 amide bonds. The Bertz CT molecular complexity index is 989. The van der Waals surface area contributed by atoms with E-state index < -0.39 is 17.6 Å². The first-order valence-corrected chi connectivity index (χ1v) is 8.73. The number of aromatic nitrogens is 3. The Labute approximate surface area is 158 Å². The fraction of sp³-hybridized carbons (Fsp3) is 0.250. The molecule has 0 fully saturated rings. The highest BCUT2D eigenvalue weighted by Gasteiger charge is 2.31. The van der Waals surface area contributed by atoms with Crippen molar-refractivity contribution in [3.63, 3.8) is 0 Å². The molecule has 144 valence electrons. The van der Waals surface area contributed by atoms with Crippen molar-refractivity contribution in [1.82, 2.24) is 19.9 Å². The van der Waals surface area contributed by atoms with Gasteiger partial charge in [0, 0.05) is 61.3 Å². The smallest absolute Gasteiger partial charge is 0.294 e. The predicted molar refractivity (Wildman–Crippen MR) is 94.5 cm³/mol. The van der Waals surface area contributed by atoms with Gasteiger partial charge in [0.1, 0.15) is 5.82 Å². The summed E-state index contributed by atoms with van der Waals surface area (Å²) in [5.74, 6) is -0.238. The van der Waals surface area contributed by atoms with Crippen molar-refractivity contribution in [3.8, 4) is 11.4 Å². The molecule has 0 aliphatic carbocycles. The van der Waals surface area contributed by atoms with Gasteiger partial charge in [0.2, 0.25) is 0 Å². The number of nitrogens with zero attached hydrogens (tertiary/aromatic N) is 4. The normalized spacial score (nSPS) is 14.7. The van der Waals surface area contributed by atoms with Gasteiger partial charge in [-0.05, 0) is 24.3 Å². The zero-order valence-corrected chi connectivity index (χ0v) is 14.7. The topological polar surface area (TPSA) is 41.9 Å². The van der Waals surface area contributed by atoms with Gasteiger partial charge < -0.3 is 0 Å². The maximum Gasteiger partial charge on any atom is 0.416 e. The minimum Gasteiger partial charge on any atom is -0.294 e. The Morgan fingerprint density at radius 1 is 1.11 bits per heavy atom. The molecule has 0 saturated heterocycles. The van der Waals surface area contributed by atoms with Crippen molar-refractivity contribution in [2.45, 2.75) is 25.7 Å². The van der Waals surface area contributed by atoms with E-state index in [9.17, 15) is 17.6 Å². The third-order valence-corrected chi connectivity index (χ3v) is 4.71. The SMILES string of the molecule is Fc1cc(C(F)(F)F)ccc1CN1CCc2nc(-c3cccnc3)ncc2C1. The monoisotopic (exact) mass is 388 g/mol. The average Bonchev–Trinajstić information content (AvgIpc) is 2.69. The fourth-order valence-corrected chi connectivity index (χ4v) is 3.24. The highest BCUT2D eigenvalue weighted by atomic mass is 19.4. The van der Waals surface area contributed by atoms with Gasteiger partial charge in [0.15, 0.2) is 5.82 Å². The first kappa shape index (κ1) is 18.5. The minimum absolute atomic E-state index is 0.230. The van der Waals surface area contributed by atoms with Gasteiger partial charge in [-0.3, -0.25) is 9.88 Å². The molecule has 3 aromatic rings. The number of benzene rings is 1. The zero-order chi connectivity index (χ0) is 19.7. The van der Waals surface area contributed by atoms with Crippen molar-refractivity contribution in [2.24, 2.45) is 0 Å². The van der Waals surface area contributed by atoms with Gasteiger partial charge in [-0.1, -0.05) is 6.07 Å². The van der Waals surface area contributed by atoms with Gasteiger partial charge in [0.25, 0.3) is 0 Å². The van der Waals surface area contributed by atoms with E-state index in [1.54, 1.807) is 18.6 Å². The number of halogens is 4. The highest BCUT2D eigenvalue weighted by Crippen LogP contribution is 2.31. The van der Waals surface area contributed by atoms with Crippen LogP contribution >= 0.6 is 0 Å². The Kier molecular flexibility index (Phi) is 4.80. The second-order valence-corrected chi connectivity index (χ2v) is 6.67. The molecule has 1 aromatic carbocycles. The summed E-state index contributed by atoms with van der Waals surface area (Å²) in [6.45, 7) is 1.38. The Morgan fingerprint density at radius 3 is 2.68 bits per heavy atom. The van der Waals surface area contributed by atoms with Crippen LogP contribution in [0.1, 0.15) is 22.4 Å². The van der Waals surface area contributed by atoms with Crippen molar-refractivity contribution < 1.29 is 17.6 Å². The number of fused-ring (bicyclic) bond motifs is 1. The molecule has 2 aromatic heterocycles. The van der Waals surface area contributed by atoms with Gasteiger partial charge in [-0.15, -0.1) is 0 Å². The van der Waals surface area contributed by atoms with Gasteiger partial charge >= 0.3 is 6.18 Å². The van der Waals surface area contributed by atoms with E-state index in [0.29, 0.717) is 31.4 Å². The molecule has 0 bridgehead atoms. The summed E-state index contributed by atoms with van der Waals surface area (Å²) in [7, 11) is 0. The summed E-state index contributed by atoms with van der Waals surface area (Å²) in [5.41, 5.74) is 1.96. The Balaban J connectivity index is 1.49. The third kappa shape index (κ3) is 3.87. The van der Waals surface area contributed by atoms with Gasteiger partial charge in [-0.2, -0.15) is 13.2 Å². The fourth-order valence-electron chi connectivity index (χ4n) is 3.24. The summed E-state index contributed by atoms with van der Waals surface area (Å²) >= 11 is 0. The predicted octanol–water partition coefficient (Wildman–Crippen LogP) is 4.25. The lowest BCUT2D eigenvalue weighted by atomic mass is 10.0. The number of hydrogen-bond donors (Lipinski definition) is 0. The van der Waals surface area contributed by atoms with Crippen LogP contribution < -0.4 is 0 Å². The lowest BCUT2D eigenvalue weighted by Crippen LogP contribution is -2.31. The summed E-state index contributed by atoms with van der Waals surface area (Å²) in [4.78, 5) is 15.0. The van der Waals surface area contributed by atoms with Crippen LogP contribution in [0.4, 0.5) is 17.6 Å². The van der Waals surface area contributed by atoms with Crippen LogP contribution in [0, 0.1) is 5.82 Å². The van der Waals surface area contributed by atoms with Crippen LogP contribution in [0.25, 0.3) is 11.4 Å². The molecule has 0 atom stereocenters. The zero-order valence-electron chi connectivity index (χ0n) is 14.7. The van der Waals surface area contributed by atoms with E-state index in [1.165, 1.54) is 6.07 Å². The van der Waals surface area contributed by atoms with Gasteiger partial charge in [-0.25, -0.2) is 14.4 Å². The Hall–Kier alpha value is -2.87. The second kappa shape index (κ2) is 7.27. The molecule has 1 aliphatic rings. The van der Waals surface area contributed by atoms with Crippen LogP contribution in [0.3, 0.4) is 0 Å². The number of hydrogen-bond acceptors (Lipinski definition) is 4. The van der Waals surface area contributed by atoms with E-state index in [2.05, 4.69) is 15.0 Å². The maximum atomic E-state index is 14.1. The molecule has 3 heterocycles. The van der Waals surface area contributed by atoms with E-state index in [-0.39, 0.29) is 12.1 Å². The van der Waals surface area contributed by atoms with Crippen molar-refractivity contribution in [3.05, 3.63) is 77.1 Å². The summed E-state index contributed by atoms with van der Waals surface area (Å²) < 4.78 is 52.2. The number of alkyl halides is 3. The van der Waals surface area contributed by atoms with E-state index in [4.69, 9.17) is 0 Å². The first-order valence-electron chi connectivity index (χ1n) is 8.73. The molecule has 0 spiro atoms. The lowest BCUT2D eigenvalue weighted by Gasteiger charge is -2.28. The number of pyridine rings is 1. The van der Waals surface area contributed by atoms with E-state index in [0.717, 1.165) is 22.9 Å². The molecule has 1 aliphatic heterocycles. The molecule has 4 rings (SSSR count). The molecule has 0 saturated carbocycles. The van der Waals surface area contributed by atoms with Crippen LogP contribution in [0.5, 0.6) is 0 Å². The summed E-state index contributed by atoms with van der Waals surface area (Å²) in [6.07, 6.45) is 1.24.